The number of rotatable bonds is 4. The van der Waals surface area contributed by atoms with Gasteiger partial charge in [-0.2, -0.15) is 4.98 Å². The smallest absolute Gasteiger partial charge is 0.240 e. The molecule has 3 rings (SSSR count). The van der Waals surface area contributed by atoms with E-state index >= 15 is 0 Å². The first-order chi connectivity index (χ1) is 10.2. The molecule has 2 heterocycles. The average Bonchev–Trinajstić information content (AvgIpc) is 2.96. The van der Waals surface area contributed by atoms with Crippen molar-refractivity contribution in [2.45, 2.75) is 6.54 Å². The summed E-state index contributed by atoms with van der Waals surface area (Å²) in [6.45, 7) is 0.617. The van der Waals surface area contributed by atoms with Crippen molar-refractivity contribution >= 4 is 33.3 Å². The monoisotopic (exact) mass is 303 g/mol. The number of thiophene rings is 1. The molecule has 0 amide bonds. The van der Waals surface area contributed by atoms with E-state index in [1.807, 2.05) is 23.4 Å². The van der Waals surface area contributed by atoms with Gasteiger partial charge >= 0.3 is 0 Å². The first kappa shape index (κ1) is 13.7. The maximum atomic E-state index is 13.0. The van der Waals surface area contributed by atoms with Gasteiger partial charge in [0.05, 0.1) is 5.39 Å². The molecule has 0 saturated carbocycles. The second-order valence-electron chi connectivity index (χ2n) is 4.64. The van der Waals surface area contributed by atoms with Gasteiger partial charge < -0.3 is 4.90 Å². The van der Waals surface area contributed by atoms with E-state index in [1.54, 1.807) is 12.1 Å². The van der Waals surface area contributed by atoms with Crippen molar-refractivity contribution in [1.29, 1.82) is 0 Å². The molecule has 3 N–H and O–H groups in total. The zero-order valence-corrected chi connectivity index (χ0v) is 12.2. The summed E-state index contributed by atoms with van der Waals surface area (Å²) in [4.78, 5) is 11.6. The van der Waals surface area contributed by atoms with Crippen LogP contribution < -0.4 is 16.2 Å². The molecule has 0 aliphatic carbocycles. The van der Waals surface area contributed by atoms with Crippen LogP contribution in [0.3, 0.4) is 0 Å². The number of aromatic nitrogens is 2. The fourth-order valence-electron chi connectivity index (χ4n) is 2.13. The van der Waals surface area contributed by atoms with E-state index in [0.29, 0.717) is 12.5 Å². The van der Waals surface area contributed by atoms with Crippen molar-refractivity contribution in [1.82, 2.24) is 9.97 Å². The third-order valence-electron chi connectivity index (χ3n) is 3.13. The van der Waals surface area contributed by atoms with E-state index in [9.17, 15) is 4.39 Å². The summed E-state index contributed by atoms with van der Waals surface area (Å²) in [7, 11) is 1.93. The van der Waals surface area contributed by atoms with Crippen LogP contribution in [0.15, 0.2) is 35.7 Å². The van der Waals surface area contributed by atoms with E-state index in [-0.39, 0.29) is 5.82 Å². The van der Waals surface area contributed by atoms with Crippen molar-refractivity contribution in [2.24, 2.45) is 5.84 Å². The summed E-state index contributed by atoms with van der Waals surface area (Å²) in [6, 6.07) is 8.42. The Morgan fingerprint density at radius 2 is 2.00 bits per heavy atom. The van der Waals surface area contributed by atoms with Gasteiger partial charge in [0.15, 0.2) is 0 Å². The van der Waals surface area contributed by atoms with Crippen molar-refractivity contribution in [3.8, 4) is 0 Å². The number of nitrogens with zero attached hydrogens (tertiary/aromatic N) is 3. The highest BCUT2D eigenvalue weighted by Gasteiger charge is 2.12. The van der Waals surface area contributed by atoms with Crippen LogP contribution in [-0.2, 0) is 6.54 Å². The van der Waals surface area contributed by atoms with Crippen molar-refractivity contribution in [2.75, 3.05) is 17.4 Å². The van der Waals surface area contributed by atoms with Gasteiger partial charge in [0, 0.05) is 13.6 Å². The van der Waals surface area contributed by atoms with Gasteiger partial charge in [0.1, 0.15) is 16.5 Å². The second-order valence-corrected chi connectivity index (χ2v) is 5.53. The first-order valence-electron chi connectivity index (χ1n) is 6.35. The maximum absolute atomic E-state index is 13.0. The lowest BCUT2D eigenvalue weighted by Gasteiger charge is -2.19. The lowest BCUT2D eigenvalue weighted by Crippen LogP contribution is -2.20. The van der Waals surface area contributed by atoms with E-state index in [2.05, 4.69) is 15.4 Å². The topological polar surface area (TPSA) is 67.1 Å². The Balaban J connectivity index is 1.94. The van der Waals surface area contributed by atoms with Gasteiger partial charge in [-0.25, -0.2) is 15.2 Å². The fourth-order valence-corrected chi connectivity index (χ4v) is 2.89. The minimum atomic E-state index is -0.238. The SMILES string of the molecule is CN(Cc1ccc(F)cc1)c1nc(NN)nc2sccc12. The average molecular weight is 303 g/mol. The van der Waals surface area contributed by atoms with Crippen LogP contribution in [0.5, 0.6) is 0 Å². The zero-order valence-electron chi connectivity index (χ0n) is 11.4. The molecule has 0 radical (unpaired) electrons. The molecule has 0 aliphatic rings. The molecular weight excluding hydrogens is 289 g/mol. The number of hydrogen-bond donors (Lipinski definition) is 2. The minimum absolute atomic E-state index is 0.238. The second kappa shape index (κ2) is 5.63. The summed E-state index contributed by atoms with van der Waals surface area (Å²) < 4.78 is 13.0. The summed E-state index contributed by atoms with van der Waals surface area (Å²) in [6.07, 6.45) is 0. The fraction of sp³-hybridized carbons (Fsp3) is 0.143. The molecule has 0 unspecified atom stereocenters. The highest BCUT2D eigenvalue weighted by Crippen LogP contribution is 2.29. The summed E-state index contributed by atoms with van der Waals surface area (Å²) in [5.74, 6) is 6.35. The molecule has 2 aromatic heterocycles. The molecule has 0 aliphatic heterocycles. The van der Waals surface area contributed by atoms with Crippen LogP contribution in [0.25, 0.3) is 10.2 Å². The lowest BCUT2D eigenvalue weighted by molar-refractivity contribution is 0.627. The molecule has 0 spiro atoms. The molecular formula is C14H14FN5S. The Labute approximate surface area is 125 Å². The normalized spacial score (nSPS) is 10.8. The number of halogens is 1. The molecule has 0 saturated heterocycles. The molecule has 0 atom stereocenters. The Bertz CT molecular complexity index is 756. The van der Waals surface area contributed by atoms with E-state index < -0.39 is 0 Å². The Kier molecular flexibility index (Phi) is 3.68. The predicted molar refractivity (Wildman–Crippen MR) is 83.7 cm³/mol. The largest absolute Gasteiger partial charge is 0.355 e. The van der Waals surface area contributed by atoms with E-state index in [1.165, 1.54) is 23.5 Å². The predicted octanol–water partition coefficient (Wildman–Crippen LogP) is 2.75. The number of hydrogen-bond acceptors (Lipinski definition) is 6. The summed E-state index contributed by atoms with van der Waals surface area (Å²) in [5.41, 5.74) is 3.49. The Hall–Kier alpha value is -2.25. The summed E-state index contributed by atoms with van der Waals surface area (Å²) in [5, 5.41) is 2.94. The van der Waals surface area contributed by atoms with Crippen molar-refractivity contribution < 1.29 is 4.39 Å². The van der Waals surface area contributed by atoms with Gasteiger partial charge in [-0.15, -0.1) is 11.3 Å². The van der Waals surface area contributed by atoms with Gasteiger partial charge in [-0.1, -0.05) is 12.1 Å². The van der Waals surface area contributed by atoms with E-state index in [4.69, 9.17) is 5.84 Å². The van der Waals surface area contributed by atoms with Crippen molar-refractivity contribution in [3.05, 3.63) is 47.1 Å². The standard InChI is InChI=1S/C14H14FN5S/c1-20(8-9-2-4-10(15)5-3-9)12-11-6-7-21-13(11)18-14(17-12)19-16/h2-7H,8,16H2,1H3,(H,17,18,19). The van der Waals surface area contributed by atoms with Gasteiger partial charge in [-0.05, 0) is 29.1 Å². The lowest BCUT2D eigenvalue weighted by atomic mass is 10.2. The number of fused-ring (bicyclic) bond motifs is 1. The molecule has 0 fully saturated rings. The maximum Gasteiger partial charge on any atom is 0.240 e. The van der Waals surface area contributed by atoms with Crippen LogP contribution in [-0.4, -0.2) is 17.0 Å². The highest BCUT2D eigenvalue weighted by atomic mass is 32.1. The number of anilines is 2. The van der Waals surface area contributed by atoms with Crippen LogP contribution >= 0.6 is 11.3 Å². The molecule has 1 aromatic carbocycles. The first-order valence-corrected chi connectivity index (χ1v) is 7.23. The number of nitrogen functional groups attached to an aromatic ring is 1. The number of hydrazine groups is 1. The van der Waals surface area contributed by atoms with Gasteiger partial charge in [0.25, 0.3) is 0 Å². The molecule has 7 heteroatoms. The van der Waals surface area contributed by atoms with Gasteiger partial charge in [-0.3, -0.25) is 5.43 Å². The zero-order chi connectivity index (χ0) is 14.8. The number of benzene rings is 1. The Morgan fingerprint density at radius 1 is 1.24 bits per heavy atom. The molecule has 5 nitrogen and oxygen atoms in total. The third-order valence-corrected chi connectivity index (χ3v) is 3.94. The molecule has 0 bridgehead atoms. The number of nitrogens with one attached hydrogen (secondary N) is 1. The number of nitrogens with two attached hydrogens (primary N) is 1. The van der Waals surface area contributed by atoms with Crippen LogP contribution in [0.2, 0.25) is 0 Å². The minimum Gasteiger partial charge on any atom is -0.355 e. The molecule has 21 heavy (non-hydrogen) atoms. The van der Waals surface area contributed by atoms with Crippen molar-refractivity contribution in [3.63, 3.8) is 0 Å². The quantitative estimate of drug-likeness (QED) is 0.573. The molecule has 108 valence electrons. The Morgan fingerprint density at radius 3 is 2.71 bits per heavy atom. The molecule has 3 aromatic rings. The third kappa shape index (κ3) is 2.79. The van der Waals surface area contributed by atoms with Crippen LogP contribution in [0, 0.1) is 5.82 Å². The summed E-state index contributed by atoms with van der Waals surface area (Å²) >= 11 is 1.53. The van der Waals surface area contributed by atoms with Crippen LogP contribution in [0.4, 0.5) is 16.2 Å². The van der Waals surface area contributed by atoms with Crippen LogP contribution in [0.1, 0.15) is 5.56 Å². The highest BCUT2D eigenvalue weighted by molar-refractivity contribution is 7.16. The van der Waals surface area contributed by atoms with E-state index in [0.717, 1.165) is 21.6 Å². The van der Waals surface area contributed by atoms with Gasteiger partial charge in [0.2, 0.25) is 5.95 Å².